The molecule has 198 valence electrons. The van der Waals surface area contributed by atoms with Gasteiger partial charge in [-0.25, -0.2) is 19.4 Å². The molecule has 0 aliphatic heterocycles. The van der Waals surface area contributed by atoms with Gasteiger partial charge >= 0.3 is 5.97 Å². The molecule has 4 rings (SSSR count). The van der Waals surface area contributed by atoms with Crippen molar-refractivity contribution in [1.82, 2.24) is 24.7 Å². The summed E-state index contributed by atoms with van der Waals surface area (Å²) in [7, 11) is 1.53. The highest BCUT2D eigenvalue weighted by Gasteiger charge is 2.46. The molecule has 3 heterocycles. The predicted molar refractivity (Wildman–Crippen MR) is 145 cm³/mol. The molecule has 9 nitrogen and oxygen atoms in total. The zero-order valence-corrected chi connectivity index (χ0v) is 23.0. The molecule has 0 bridgehead atoms. The van der Waals surface area contributed by atoms with E-state index in [0.717, 1.165) is 5.56 Å². The first-order valence-electron chi connectivity index (χ1n) is 11.7. The van der Waals surface area contributed by atoms with Crippen molar-refractivity contribution in [3.63, 3.8) is 0 Å². The summed E-state index contributed by atoms with van der Waals surface area (Å²) in [5.74, 6) is 1.70. The van der Waals surface area contributed by atoms with Crippen LogP contribution in [-0.4, -0.2) is 57.1 Å². The highest BCUT2D eigenvalue weighted by molar-refractivity contribution is 7.07. The molecule has 3 atom stereocenters. The van der Waals surface area contributed by atoms with Gasteiger partial charge in [0.05, 0.1) is 54.6 Å². The van der Waals surface area contributed by atoms with Crippen LogP contribution < -0.4 is 0 Å². The molecule has 1 aromatic carbocycles. The third-order valence-corrected chi connectivity index (χ3v) is 7.04. The number of aromatic nitrogens is 5. The zero-order valence-electron chi connectivity index (χ0n) is 20.7. The number of fused-ring (bicyclic) bond motifs is 1. The Morgan fingerprint density at radius 2 is 2.05 bits per heavy atom. The molecule has 3 aromatic heterocycles. The van der Waals surface area contributed by atoms with Crippen LogP contribution in [0.3, 0.4) is 0 Å². The van der Waals surface area contributed by atoms with Gasteiger partial charge in [-0.1, -0.05) is 47.9 Å². The molecule has 0 N–H and O–H groups in total. The number of methoxy groups -OCH3 is 1. The van der Waals surface area contributed by atoms with Crippen molar-refractivity contribution in [2.45, 2.75) is 31.6 Å². The Morgan fingerprint density at radius 1 is 1.26 bits per heavy atom. The lowest BCUT2D eigenvalue weighted by atomic mass is 9.91. The topological polar surface area (TPSA) is 101 Å². The standard InChI is InChI=1S/C26H25Cl2N5O4S/c1-4-18(13-33-23-19(12-30-33)22(27)31-25(28)32-23)20(35-3)14-37-26(24(34)36-5-2,21-15-38-16-29-21)11-17-9-7-6-8-10-17/h1,6-10,12,15-16,18,20H,5,11,13-14H2,2-3H3. The Hall–Kier alpha value is -3.07. The predicted octanol–water partition coefficient (Wildman–Crippen LogP) is 4.57. The van der Waals surface area contributed by atoms with Crippen molar-refractivity contribution in [2.24, 2.45) is 5.92 Å². The summed E-state index contributed by atoms with van der Waals surface area (Å²) in [6.07, 6.45) is 7.07. The first-order chi connectivity index (χ1) is 18.4. The first kappa shape index (κ1) is 28.0. The summed E-state index contributed by atoms with van der Waals surface area (Å²) in [4.78, 5) is 26.1. The van der Waals surface area contributed by atoms with Crippen LogP contribution in [0.4, 0.5) is 0 Å². The minimum absolute atomic E-state index is 0.00322. The maximum Gasteiger partial charge on any atom is 0.345 e. The van der Waals surface area contributed by atoms with Gasteiger partial charge in [0, 0.05) is 18.9 Å². The lowest BCUT2D eigenvalue weighted by Crippen LogP contribution is -2.45. The van der Waals surface area contributed by atoms with Gasteiger partial charge in [0.25, 0.3) is 0 Å². The summed E-state index contributed by atoms with van der Waals surface area (Å²) in [5.41, 5.74) is 1.93. The van der Waals surface area contributed by atoms with Gasteiger partial charge in [-0.05, 0) is 24.1 Å². The Kier molecular flexibility index (Phi) is 9.31. The maximum absolute atomic E-state index is 13.5. The van der Waals surface area contributed by atoms with Crippen molar-refractivity contribution in [2.75, 3.05) is 20.3 Å². The van der Waals surface area contributed by atoms with Gasteiger partial charge in [-0.3, -0.25) is 0 Å². The van der Waals surface area contributed by atoms with E-state index in [1.54, 1.807) is 28.7 Å². The van der Waals surface area contributed by atoms with Crippen LogP contribution in [-0.2, 0) is 37.6 Å². The molecule has 4 aromatic rings. The fourth-order valence-corrected chi connectivity index (χ4v) is 5.10. The lowest BCUT2D eigenvalue weighted by molar-refractivity contribution is -0.180. The highest BCUT2D eigenvalue weighted by atomic mass is 35.5. The average Bonchev–Trinajstić information content (AvgIpc) is 3.59. The monoisotopic (exact) mass is 573 g/mol. The minimum Gasteiger partial charge on any atom is -0.464 e. The quantitative estimate of drug-likeness (QED) is 0.105. The second-order valence-corrected chi connectivity index (χ2v) is 9.70. The number of ether oxygens (including phenoxy) is 3. The van der Waals surface area contributed by atoms with E-state index in [0.29, 0.717) is 16.7 Å². The SMILES string of the molecule is C#CC(Cn1ncc2c(Cl)nc(Cl)nc21)C(COC(Cc1ccccc1)(C(=O)OCC)c1cscn1)OC. The van der Waals surface area contributed by atoms with Gasteiger partial charge in [0.2, 0.25) is 10.9 Å². The summed E-state index contributed by atoms with van der Waals surface area (Å²) >= 11 is 13.5. The molecule has 0 aliphatic rings. The van der Waals surface area contributed by atoms with E-state index in [9.17, 15) is 4.79 Å². The lowest BCUT2D eigenvalue weighted by Gasteiger charge is -2.33. The van der Waals surface area contributed by atoms with Gasteiger partial charge in [-0.2, -0.15) is 10.1 Å². The van der Waals surface area contributed by atoms with E-state index in [1.807, 2.05) is 30.3 Å². The van der Waals surface area contributed by atoms with Crippen LogP contribution in [0, 0.1) is 18.3 Å². The zero-order chi connectivity index (χ0) is 27.1. The largest absolute Gasteiger partial charge is 0.464 e. The molecule has 12 heteroatoms. The Labute approximate surface area is 234 Å². The molecular formula is C26H25Cl2N5O4S. The molecular weight excluding hydrogens is 549 g/mol. The van der Waals surface area contributed by atoms with Crippen LogP contribution in [0.1, 0.15) is 18.2 Å². The molecule has 0 saturated heterocycles. The number of esters is 1. The van der Waals surface area contributed by atoms with Crippen molar-refractivity contribution in [1.29, 1.82) is 0 Å². The number of hydrogen-bond acceptors (Lipinski definition) is 9. The van der Waals surface area contributed by atoms with Gasteiger partial charge in [0.1, 0.15) is 5.15 Å². The van der Waals surface area contributed by atoms with Gasteiger partial charge < -0.3 is 14.2 Å². The highest BCUT2D eigenvalue weighted by Crippen LogP contribution is 2.33. The average molecular weight is 574 g/mol. The molecule has 0 aliphatic carbocycles. The molecule has 0 radical (unpaired) electrons. The van der Waals surface area contributed by atoms with Crippen LogP contribution in [0.5, 0.6) is 0 Å². The smallest absolute Gasteiger partial charge is 0.345 e. The molecule has 0 spiro atoms. The molecule has 0 amide bonds. The molecule has 3 unspecified atom stereocenters. The van der Waals surface area contributed by atoms with Crippen molar-refractivity contribution < 1.29 is 19.0 Å². The fourth-order valence-electron chi connectivity index (χ4n) is 4.06. The van der Waals surface area contributed by atoms with E-state index in [1.165, 1.54) is 18.4 Å². The maximum atomic E-state index is 13.5. The van der Waals surface area contributed by atoms with Crippen LogP contribution in [0.25, 0.3) is 11.0 Å². The van der Waals surface area contributed by atoms with Crippen LogP contribution >= 0.6 is 34.5 Å². The normalized spacial score (nSPS) is 14.5. The summed E-state index contributed by atoms with van der Waals surface area (Å²) in [6.45, 7) is 2.13. The number of carbonyl (C=O) groups is 1. The van der Waals surface area contributed by atoms with E-state index < -0.39 is 23.6 Å². The second-order valence-electron chi connectivity index (χ2n) is 8.29. The number of rotatable bonds is 12. The summed E-state index contributed by atoms with van der Waals surface area (Å²) in [6, 6.07) is 9.54. The van der Waals surface area contributed by atoms with Gasteiger partial charge in [0.15, 0.2) is 5.65 Å². The summed E-state index contributed by atoms with van der Waals surface area (Å²) in [5, 5.41) is 6.87. The van der Waals surface area contributed by atoms with Crippen LogP contribution in [0.2, 0.25) is 10.4 Å². The fraction of sp³-hybridized carbons (Fsp3) is 0.346. The molecule has 0 saturated carbocycles. The Balaban J connectivity index is 1.63. The number of halogens is 2. The second kappa shape index (κ2) is 12.7. The minimum atomic E-state index is -1.50. The van der Waals surface area contributed by atoms with Crippen LogP contribution in [0.15, 0.2) is 47.4 Å². The van der Waals surface area contributed by atoms with Gasteiger partial charge in [-0.15, -0.1) is 17.8 Å². The van der Waals surface area contributed by atoms with Crippen molar-refractivity contribution in [3.05, 3.63) is 69.1 Å². The number of terminal acetylenes is 1. The number of thiazole rings is 1. The number of hydrogen-bond donors (Lipinski definition) is 0. The van der Waals surface area contributed by atoms with E-state index in [4.69, 9.17) is 43.8 Å². The van der Waals surface area contributed by atoms with E-state index >= 15 is 0 Å². The summed E-state index contributed by atoms with van der Waals surface area (Å²) < 4.78 is 19.2. The van der Waals surface area contributed by atoms with Crippen molar-refractivity contribution in [3.8, 4) is 12.3 Å². The third-order valence-electron chi connectivity index (χ3n) is 6.00. The number of nitrogens with zero attached hydrogens (tertiary/aromatic N) is 5. The number of benzene rings is 1. The number of carbonyl (C=O) groups excluding carboxylic acids is 1. The van der Waals surface area contributed by atoms with E-state index in [2.05, 4.69) is 26.0 Å². The first-order valence-corrected chi connectivity index (χ1v) is 13.4. The Morgan fingerprint density at radius 3 is 2.71 bits per heavy atom. The molecule has 38 heavy (non-hydrogen) atoms. The van der Waals surface area contributed by atoms with Crippen molar-refractivity contribution >= 4 is 51.5 Å². The van der Waals surface area contributed by atoms with E-state index in [-0.39, 0.29) is 36.6 Å². The molecule has 0 fully saturated rings. The third kappa shape index (κ3) is 5.98. The Bertz CT molecular complexity index is 1410.